The van der Waals surface area contributed by atoms with E-state index < -0.39 is 47.6 Å². The molecule has 1 aromatic carbocycles. The number of nitrogens with one attached hydrogen (secondary N) is 1. The quantitative estimate of drug-likeness (QED) is 0.494. The summed E-state index contributed by atoms with van der Waals surface area (Å²) in [6.45, 7) is -1.45. The minimum Gasteiger partial charge on any atom is -0.382 e. The highest BCUT2D eigenvalue weighted by Crippen LogP contribution is 2.22. The number of rotatable bonds is 5. The fourth-order valence-electron chi connectivity index (χ4n) is 1.32. The maximum Gasteiger partial charge on any atom is 0.415 e. The number of nitrogens with zero attached hydrogens (tertiary/aromatic N) is 1. The van der Waals surface area contributed by atoms with E-state index in [1.807, 2.05) is 0 Å². The van der Waals surface area contributed by atoms with Crippen molar-refractivity contribution < 1.29 is 32.0 Å². The average Bonchev–Trinajstić information content (AvgIpc) is 2.29. The highest BCUT2D eigenvalue weighted by Gasteiger charge is 2.37. The molecule has 2 N–H and O–H groups in total. The zero-order valence-electron chi connectivity index (χ0n) is 9.75. The fourth-order valence-corrected chi connectivity index (χ4v) is 1.32. The van der Waals surface area contributed by atoms with Gasteiger partial charge in [-0.2, -0.15) is 17.6 Å². The number of aliphatic hydroxyl groups excluding tert-OH is 1. The average molecular weight is 300 g/mol. The lowest BCUT2D eigenvalue weighted by Gasteiger charge is -2.15. The van der Waals surface area contributed by atoms with Crippen molar-refractivity contribution in [2.45, 2.75) is 18.8 Å². The monoisotopic (exact) mass is 300 g/mol. The molecule has 0 radical (unpaired) electrons. The van der Waals surface area contributed by atoms with Gasteiger partial charge in [-0.25, -0.2) is 4.39 Å². The van der Waals surface area contributed by atoms with Crippen LogP contribution in [-0.2, 0) is 6.54 Å². The summed E-state index contributed by atoms with van der Waals surface area (Å²) in [5, 5.41) is 21.2. The van der Waals surface area contributed by atoms with Crippen molar-refractivity contribution in [1.29, 1.82) is 0 Å². The van der Waals surface area contributed by atoms with Gasteiger partial charge in [-0.3, -0.25) is 10.1 Å². The Kier molecular flexibility index (Phi) is 4.95. The van der Waals surface area contributed by atoms with Crippen LogP contribution in [0.5, 0.6) is 0 Å². The summed E-state index contributed by atoms with van der Waals surface area (Å²) in [4.78, 5) is 9.35. The van der Waals surface area contributed by atoms with Crippen molar-refractivity contribution in [3.8, 4) is 0 Å². The molecule has 0 aliphatic heterocycles. The van der Waals surface area contributed by atoms with Crippen LogP contribution in [0.1, 0.15) is 5.56 Å². The Morgan fingerprint density at radius 1 is 1.30 bits per heavy atom. The predicted octanol–water partition coefficient (Wildman–Crippen LogP) is 1.89. The van der Waals surface area contributed by atoms with Gasteiger partial charge in [-0.1, -0.05) is 0 Å². The molecule has 0 spiro atoms. The molecule has 112 valence electrons. The number of alkyl halides is 3. The van der Waals surface area contributed by atoms with Gasteiger partial charge in [-0.15, -0.1) is 0 Å². The van der Waals surface area contributed by atoms with Gasteiger partial charge in [0.1, 0.15) is 5.82 Å². The van der Waals surface area contributed by atoms with E-state index in [1.165, 1.54) is 0 Å². The van der Waals surface area contributed by atoms with Crippen molar-refractivity contribution >= 4 is 5.69 Å². The summed E-state index contributed by atoms with van der Waals surface area (Å²) in [6.07, 6.45) is -7.48. The highest BCUT2D eigenvalue weighted by molar-refractivity contribution is 5.37. The molecule has 0 saturated carbocycles. The van der Waals surface area contributed by atoms with Gasteiger partial charge in [0.25, 0.3) is 0 Å². The second-order valence-electron chi connectivity index (χ2n) is 3.84. The Morgan fingerprint density at radius 2 is 1.90 bits per heavy atom. The van der Waals surface area contributed by atoms with Crippen LogP contribution in [0.25, 0.3) is 0 Å². The Balaban J connectivity index is 2.74. The van der Waals surface area contributed by atoms with E-state index in [4.69, 9.17) is 5.11 Å². The number of benzene rings is 1. The second kappa shape index (κ2) is 6.09. The maximum absolute atomic E-state index is 13.3. The van der Waals surface area contributed by atoms with E-state index in [2.05, 4.69) is 5.32 Å². The zero-order valence-corrected chi connectivity index (χ0v) is 9.75. The molecule has 1 atom stereocenters. The number of hydrogen-bond acceptors (Lipinski definition) is 4. The van der Waals surface area contributed by atoms with Crippen LogP contribution in [0.3, 0.4) is 0 Å². The third-order valence-corrected chi connectivity index (χ3v) is 2.34. The molecule has 0 fully saturated rings. The summed E-state index contributed by atoms with van der Waals surface area (Å²) in [6, 6.07) is 0.854. The van der Waals surface area contributed by atoms with Crippen LogP contribution < -0.4 is 5.32 Å². The van der Waals surface area contributed by atoms with Crippen molar-refractivity contribution in [2.24, 2.45) is 0 Å². The second-order valence-corrected chi connectivity index (χ2v) is 3.84. The van der Waals surface area contributed by atoms with Crippen LogP contribution in [0.4, 0.5) is 27.6 Å². The van der Waals surface area contributed by atoms with Crippen LogP contribution in [0, 0.1) is 21.7 Å². The third-order valence-electron chi connectivity index (χ3n) is 2.34. The van der Waals surface area contributed by atoms with E-state index in [0.717, 1.165) is 0 Å². The van der Waals surface area contributed by atoms with Gasteiger partial charge in [0.2, 0.25) is 5.82 Å². The number of nitro groups is 1. The van der Waals surface area contributed by atoms with Crippen molar-refractivity contribution in [3.05, 3.63) is 39.4 Å². The SMILES string of the molecule is O=[N+]([O-])c1cc(CNCC(O)C(F)(F)F)c(F)cc1F. The molecule has 0 aliphatic carbocycles. The molecule has 0 saturated heterocycles. The molecule has 1 rings (SSSR count). The first kappa shape index (κ1) is 16.2. The molecule has 0 aliphatic rings. The van der Waals surface area contributed by atoms with Gasteiger partial charge in [-0.05, 0) is 0 Å². The number of aliphatic hydroxyl groups is 1. The van der Waals surface area contributed by atoms with Crippen molar-refractivity contribution in [3.63, 3.8) is 0 Å². The molecule has 1 unspecified atom stereocenters. The fraction of sp³-hybridized carbons (Fsp3) is 0.400. The maximum atomic E-state index is 13.3. The summed E-state index contributed by atoms with van der Waals surface area (Å²) < 4.78 is 62.2. The Labute approximate surface area is 109 Å². The predicted molar refractivity (Wildman–Crippen MR) is 56.8 cm³/mol. The van der Waals surface area contributed by atoms with Crippen molar-refractivity contribution in [2.75, 3.05) is 6.54 Å². The summed E-state index contributed by atoms with van der Waals surface area (Å²) in [5.74, 6) is -2.52. The lowest BCUT2D eigenvalue weighted by atomic mass is 10.1. The molecular formula is C10H9F5N2O3. The van der Waals surface area contributed by atoms with Crippen LogP contribution in [0.15, 0.2) is 12.1 Å². The van der Waals surface area contributed by atoms with E-state index in [-0.39, 0.29) is 11.6 Å². The molecular weight excluding hydrogens is 291 g/mol. The highest BCUT2D eigenvalue weighted by atomic mass is 19.4. The minimum atomic E-state index is -4.83. The summed E-state index contributed by atoms with van der Waals surface area (Å²) in [7, 11) is 0. The normalized spacial score (nSPS) is 13.3. The van der Waals surface area contributed by atoms with E-state index >= 15 is 0 Å². The zero-order chi connectivity index (χ0) is 15.5. The number of hydrogen-bond donors (Lipinski definition) is 2. The van der Waals surface area contributed by atoms with E-state index in [0.29, 0.717) is 6.07 Å². The number of nitro benzene ring substituents is 1. The third kappa shape index (κ3) is 4.10. The molecule has 0 aromatic heterocycles. The van der Waals surface area contributed by atoms with Crippen molar-refractivity contribution in [1.82, 2.24) is 5.32 Å². The van der Waals surface area contributed by atoms with Gasteiger partial charge >= 0.3 is 11.9 Å². The van der Waals surface area contributed by atoms with Crippen LogP contribution in [-0.4, -0.2) is 28.9 Å². The molecule has 20 heavy (non-hydrogen) atoms. The standard InChI is InChI=1S/C10H9F5N2O3/c11-6-2-7(12)8(17(19)20)1-5(6)3-16-4-9(18)10(13,14)15/h1-2,9,16,18H,3-4H2. The van der Waals surface area contributed by atoms with E-state index in [1.54, 1.807) is 0 Å². The first-order valence-electron chi connectivity index (χ1n) is 5.20. The lowest BCUT2D eigenvalue weighted by Crippen LogP contribution is -2.38. The molecule has 0 bridgehead atoms. The van der Waals surface area contributed by atoms with Gasteiger partial charge in [0.05, 0.1) is 4.92 Å². The van der Waals surface area contributed by atoms with Crippen LogP contribution in [0.2, 0.25) is 0 Å². The largest absolute Gasteiger partial charge is 0.415 e. The smallest absolute Gasteiger partial charge is 0.382 e. The Hall–Kier alpha value is -1.81. The van der Waals surface area contributed by atoms with Gasteiger partial charge < -0.3 is 10.4 Å². The topological polar surface area (TPSA) is 75.4 Å². The minimum absolute atomic E-state index is 0.273. The van der Waals surface area contributed by atoms with Gasteiger partial charge in [0, 0.05) is 30.8 Å². The first-order valence-corrected chi connectivity index (χ1v) is 5.20. The Bertz CT molecular complexity index is 506. The lowest BCUT2D eigenvalue weighted by molar-refractivity contribution is -0.387. The summed E-state index contributed by atoms with van der Waals surface area (Å²) in [5.41, 5.74) is -1.37. The molecule has 1 aromatic rings. The molecule has 10 heteroatoms. The summed E-state index contributed by atoms with van der Waals surface area (Å²) >= 11 is 0. The van der Waals surface area contributed by atoms with Crippen LogP contribution >= 0.6 is 0 Å². The van der Waals surface area contributed by atoms with E-state index in [9.17, 15) is 32.1 Å². The Morgan fingerprint density at radius 3 is 2.40 bits per heavy atom. The number of halogens is 5. The first-order chi connectivity index (χ1) is 9.12. The molecule has 0 amide bonds. The van der Waals surface area contributed by atoms with Gasteiger partial charge in [0.15, 0.2) is 6.10 Å². The molecule has 0 heterocycles. The molecule has 5 nitrogen and oxygen atoms in total.